The maximum absolute atomic E-state index is 12.4. The average molecular weight is 362 g/mol. The molecule has 22 heavy (non-hydrogen) atoms. The molecule has 0 unspecified atom stereocenters. The van der Waals surface area contributed by atoms with Crippen LogP contribution in [0.2, 0.25) is 5.02 Å². The van der Waals surface area contributed by atoms with E-state index in [-0.39, 0.29) is 16.5 Å². The lowest BCUT2D eigenvalue weighted by atomic mass is 10.2. The van der Waals surface area contributed by atoms with Gasteiger partial charge in [0.15, 0.2) is 0 Å². The van der Waals surface area contributed by atoms with Crippen molar-refractivity contribution in [1.82, 2.24) is 14.5 Å². The third kappa shape index (κ3) is 2.54. The van der Waals surface area contributed by atoms with Gasteiger partial charge in [0.1, 0.15) is 14.7 Å². The van der Waals surface area contributed by atoms with Crippen molar-refractivity contribution < 1.29 is 18.3 Å². The van der Waals surface area contributed by atoms with E-state index in [1.807, 2.05) is 0 Å². The molecule has 0 aromatic carbocycles. The van der Waals surface area contributed by atoms with Crippen molar-refractivity contribution in [3.8, 4) is 5.00 Å². The van der Waals surface area contributed by atoms with Crippen molar-refractivity contribution in [2.45, 2.75) is 23.1 Å². The monoisotopic (exact) mass is 361 g/mol. The van der Waals surface area contributed by atoms with E-state index in [1.54, 1.807) is 19.2 Å². The number of carbonyl (C=O) groups is 1. The van der Waals surface area contributed by atoms with Crippen LogP contribution in [0.3, 0.4) is 0 Å². The van der Waals surface area contributed by atoms with E-state index < -0.39 is 21.5 Å². The third-order valence-electron chi connectivity index (χ3n) is 3.62. The van der Waals surface area contributed by atoms with Gasteiger partial charge in [-0.05, 0) is 24.5 Å². The number of nitrogens with one attached hydrogen (secondary N) is 1. The highest BCUT2D eigenvalue weighted by atomic mass is 35.5. The number of hydrogen-bond donors (Lipinski definition) is 2. The average Bonchev–Trinajstić information content (AvgIpc) is 2.87. The Morgan fingerprint density at radius 2 is 2.27 bits per heavy atom. The molecular formula is C12H12ClN3O4S2. The first-order valence-electron chi connectivity index (χ1n) is 6.32. The van der Waals surface area contributed by atoms with Crippen LogP contribution in [0.5, 0.6) is 0 Å². The van der Waals surface area contributed by atoms with Gasteiger partial charge in [-0.2, -0.15) is 9.82 Å². The molecule has 118 valence electrons. The minimum atomic E-state index is -3.90. The van der Waals surface area contributed by atoms with Crippen LogP contribution in [0.4, 0.5) is 0 Å². The summed E-state index contributed by atoms with van der Waals surface area (Å²) in [6.07, 6.45) is 3.28. The molecule has 0 saturated heterocycles. The Morgan fingerprint density at radius 1 is 1.59 bits per heavy atom. The second kappa shape index (κ2) is 5.05. The molecule has 1 fully saturated rings. The van der Waals surface area contributed by atoms with E-state index in [0.717, 1.165) is 11.3 Å². The van der Waals surface area contributed by atoms with Crippen LogP contribution < -0.4 is 4.72 Å². The molecule has 2 aromatic heterocycles. The lowest BCUT2D eigenvalue weighted by Crippen LogP contribution is -2.44. The molecule has 2 N–H and O–H groups in total. The predicted molar refractivity (Wildman–Crippen MR) is 80.9 cm³/mol. The molecule has 0 spiro atoms. The van der Waals surface area contributed by atoms with Crippen LogP contribution in [0.1, 0.15) is 13.3 Å². The number of carboxylic acids is 1. The number of aromatic nitrogens is 2. The van der Waals surface area contributed by atoms with Gasteiger partial charge in [0, 0.05) is 0 Å². The highest BCUT2D eigenvalue weighted by Gasteiger charge is 2.60. The van der Waals surface area contributed by atoms with E-state index in [2.05, 4.69) is 9.82 Å². The lowest BCUT2D eigenvalue weighted by Gasteiger charge is -2.13. The molecule has 10 heteroatoms. The molecule has 0 radical (unpaired) electrons. The maximum Gasteiger partial charge on any atom is 0.325 e. The number of rotatable bonds is 5. The van der Waals surface area contributed by atoms with Crippen LogP contribution in [-0.2, 0) is 14.8 Å². The van der Waals surface area contributed by atoms with Crippen molar-refractivity contribution in [2.75, 3.05) is 0 Å². The van der Waals surface area contributed by atoms with E-state index >= 15 is 0 Å². The normalized spacial score (nSPS) is 24.4. The van der Waals surface area contributed by atoms with Gasteiger partial charge in [-0.3, -0.25) is 4.79 Å². The maximum atomic E-state index is 12.4. The minimum Gasteiger partial charge on any atom is -0.480 e. The summed E-state index contributed by atoms with van der Waals surface area (Å²) in [5.41, 5.74) is -1.39. The van der Waals surface area contributed by atoms with Crippen LogP contribution in [0, 0.1) is 5.92 Å². The Hall–Kier alpha value is -1.42. The highest BCUT2D eigenvalue weighted by molar-refractivity contribution is 7.91. The van der Waals surface area contributed by atoms with Crippen molar-refractivity contribution >= 4 is 38.9 Å². The smallest absolute Gasteiger partial charge is 0.325 e. The van der Waals surface area contributed by atoms with E-state index in [9.17, 15) is 18.3 Å². The SMILES string of the molecule is C[C@H]1C[C@@]1(NS(=O)(=O)c1ccc(-n2cc(Cl)cn2)s1)C(=O)O. The Balaban J connectivity index is 1.88. The molecule has 2 atom stereocenters. The molecule has 0 aliphatic heterocycles. The van der Waals surface area contributed by atoms with Gasteiger partial charge < -0.3 is 5.11 Å². The van der Waals surface area contributed by atoms with Gasteiger partial charge in [-0.1, -0.05) is 18.5 Å². The largest absolute Gasteiger partial charge is 0.480 e. The number of nitrogens with zero attached hydrogens (tertiary/aromatic N) is 2. The molecule has 1 saturated carbocycles. The quantitative estimate of drug-likeness (QED) is 0.844. The summed E-state index contributed by atoms with van der Waals surface area (Å²) in [6, 6.07) is 3.01. The Labute approximate surface area is 135 Å². The first-order chi connectivity index (χ1) is 10.2. The molecule has 2 heterocycles. The standard InChI is InChI=1S/C12H12ClN3O4S2/c1-7-4-12(7,11(17)18)15-22(19,20)10-3-2-9(21-10)16-6-8(13)5-14-16/h2-3,5-7,15H,4H2,1H3,(H,17,18)/t7-,12-/m0/s1. The van der Waals surface area contributed by atoms with Crippen molar-refractivity contribution in [3.63, 3.8) is 0 Å². The number of sulfonamides is 1. The summed E-state index contributed by atoms with van der Waals surface area (Å²) in [4.78, 5) is 11.3. The summed E-state index contributed by atoms with van der Waals surface area (Å²) in [5.74, 6) is -1.39. The topological polar surface area (TPSA) is 101 Å². The van der Waals surface area contributed by atoms with Gasteiger partial charge in [0.05, 0.1) is 17.4 Å². The molecule has 7 nitrogen and oxygen atoms in total. The molecule has 0 bridgehead atoms. The Morgan fingerprint density at radius 3 is 2.77 bits per heavy atom. The number of halogens is 1. The first-order valence-corrected chi connectivity index (χ1v) is 9.00. The number of thiophene rings is 1. The van der Waals surface area contributed by atoms with Crippen molar-refractivity contribution in [3.05, 3.63) is 29.5 Å². The summed E-state index contributed by atoms with van der Waals surface area (Å²) >= 11 is 6.76. The molecule has 2 aromatic rings. The third-order valence-corrected chi connectivity index (χ3v) is 6.89. The van der Waals surface area contributed by atoms with Crippen LogP contribution in [0.15, 0.2) is 28.7 Å². The Bertz CT molecular complexity index is 844. The highest BCUT2D eigenvalue weighted by Crippen LogP contribution is 2.44. The van der Waals surface area contributed by atoms with Gasteiger partial charge in [-0.25, -0.2) is 13.1 Å². The second-order valence-corrected chi connectivity index (χ2v) is 8.59. The fraction of sp³-hybridized carbons (Fsp3) is 0.333. The molecule has 1 aliphatic carbocycles. The molecule has 0 amide bonds. The summed E-state index contributed by atoms with van der Waals surface area (Å²) < 4.78 is 28.5. The van der Waals surface area contributed by atoms with Gasteiger partial charge in [0.2, 0.25) is 0 Å². The first kappa shape index (κ1) is 15.5. The Kier molecular flexibility index (Phi) is 3.55. The van der Waals surface area contributed by atoms with E-state index in [4.69, 9.17) is 11.6 Å². The molecule has 3 rings (SSSR count). The van der Waals surface area contributed by atoms with Crippen LogP contribution >= 0.6 is 22.9 Å². The lowest BCUT2D eigenvalue weighted by molar-refractivity contribution is -0.140. The van der Waals surface area contributed by atoms with Gasteiger partial charge in [0.25, 0.3) is 10.0 Å². The fourth-order valence-corrected chi connectivity index (χ4v) is 5.02. The number of carboxylic acid groups (broad SMARTS) is 1. The molecular weight excluding hydrogens is 350 g/mol. The minimum absolute atomic E-state index is 0.0360. The summed E-state index contributed by atoms with van der Waals surface area (Å²) in [7, 11) is -3.90. The van der Waals surface area contributed by atoms with Crippen LogP contribution in [-0.4, -0.2) is 34.8 Å². The zero-order valence-electron chi connectivity index (χ0n) is 11.4. The van der Waals surface area contributed by atoms with E-state index in [0.29, 0.717) is 10.0 Å². The zero-order valence-corrected chi connectivity index (χ0v) is 13.7. The van der Waals surface area contributed by atoms with Crippen LogP contribution in [0.25, 0.3) is 5.00 Å². The number of aliphatic carboxylic acids is 1. The zero-order chi connectivity index (χ0) is 16.1. The van der Waals surface area contributed by atoms with Gasteiger partial charge in [-0.15, -0.1) is 11.3 Å². The second-order valence-electron chi connectivity index (χ2n) is 5.18. The number of hydrogen-bond acceptors (Lipinski definition) is 5. The van der Waals surface area contributed by atoms with Gasteiger partial charge >= 0.3 is 5.97 Å². The predicted octanol–water partition coefficient (Wildman–Crippen LogP) is 1.73. The summed E-state index contributed by atoms with van der Waals surface area (Å²) in [6.45, 7) is 1.70. The molecule has 1 aliphatic rings. The summed E-state index contributed by atoms with van der Waals surface area (Å²) in [5, 5.41) is 14.2. The van der Waals surface area contributed by atoms with Crippen molar-refractivity contribution in [1.29, 1.82) is 0 Å². The van der Waals surface area contributed by atoms with E-state index in [1.165, 1.54) is 16.9 Å². The fourth-order valence-electron chi connectivity index (χ4n) is 2.20. The van der Waals surface area contributed by atoms with Crippen molar-refractivity contribution in [2.24, 2.45) is 5.92 Å².